The lowest BCUT2D eigenvalue weighted by molar-refractivity contribution is 0.0695. The highest BCUT2D eigenvalue weighted by Gasteiger charge is 2.22. The van der Waals surface area contributed by atoms with E-state index in [1.54, 1.807) is 0 Å². The van der Waals surface area contributed by atoms with E-state index >= 15 is 0 Å². The van der Waals surface area contributed by atoms with Gasteiger partial charge in [-0.05, 0) is 36.5 Å². The van der Waals surface area contributed by atoms with Gasteiger partial charge in [0.1, 0.15) is 0 Å². The Hall–Kier alpha value is -1.37. The minimum absolute atomic E-state index is 0.142. The topological polar surface area (TPSA) is 56.0 Å². The maximum atomic E-state index is 9.87. The van der Waals surface area contributed by atoms with Gasteiger partial charge in [-0.1, -0.05) is 25.0 Å². The Kier molecular flexibility index (Phi) is 4.74. The van der Waals surface area contributed by atoms with Gasteiger partial charge < -0.3 is 10.4 Å². The summed E-state index contributed by atoms with van der Waals surface area (Å²) in [4.78, 5) is 0. The van der Waals surface area contributed by atoms with Gasteiger partial charge in [0.2, 0.25) is 0 Å². The first-order valence-corrected chi connectivity index (χ1v) is 6.67. The molecule has 2 N–H and O–H groups in total. The summed E-state index contributed by atoms with van der Waals surface area (Å²) in [5.74, 6) is 0.387. The first-order chi connectivity index (χ1) is 8.79. The molecule has 0 radical (unpaired) electrons. The van der Waals surface area contributed by atoms with Gasteiger partial charge in [-0.25, -0.2) is 0 Å². The van der Waals surface area contributed by atoms with Crippen LogP contribution in [0.4, 0.5) is 0 Å². The van der Waals surface area contributed by atoms with E-state index in [1.807, 2.05) is 24.3 Å². The average molecular weight is 244 g/mol. The normalized spacial score (nSPS) is 23.6. The summed E-state index contributed by atoms with van der Waals surface area (Å²) in [6, 6.07) is 9.79. The van der Waals surface area contributed by atoms with Crippen molar-refractivity contribution in [2.75, 3.05) is 6.54 Å². The molecule has 1 fully saturated rings. The number of nitrogens with zero attached hydrogens (tertiary/aromatic N) is 1. The van der Waals surface area contributed by atoms with Crippen LogP contribution in [0.15, 0.2) is 24.3 Å². The first kappa shape index (κ1) is 13.1. The van der Waals surface area contributed by atoms with Crippen molar-refractivity contribution in [1.82, 2.24) is 5.32 Å². The van der Waals surface area contributed by atoms with Crippen molar-refractivity contribution in [3.05, 3.63) is 35.4 Å². The highest BCUT2D eigenvalue weighted by Crippen LogP contribution is 2.23. The van der Waals surface area contributed by atoms with Gasteiger partial charge in [0.15, 0.2) is 0 Å². The maximum Gasteiger partial charge on any atom is 0.0991 e. The van der Waals surface area contributed by atoms with E-state index in [0.29, 0.717) is 11.5 Å². The predicted octanol–water partition coefficient (Wildman–Crippen LogP) is 2.20. The van der Waals surface area contributed by atoms with Crippen LogP contribution >= 0.6 is 0 Å². The molecule has 96 valence electrons. The predicted molar refractivity (Wildman–Crippen MR) is 70.8 cm³/mol. The number of rotatable bonds is 4. The maximum absolute atomic E-state index is 9.87. The van der Waals surface area contributed by atoms with Crippen LogP contribution in [-0.2, 0) is 6.54 Å². The van der Waals surface area contributed by atoms with Gasteiger partial charge in [0.05, 0.1) is 17.7 Å². The van der Waals surface area contributed by atoms with E-state index in [1.165, 1.54) is 6.42 Å². The molecule has 1 aromatic rings. The first-order valence-electron chi connectivity index (χ1n) is 6.67. The quantitative estimate of drug-likeness (QED) is 0.853. The Balaban J connectivity index is 1.79. The summed E-state index contributed by atoms with van der Waals surface area (Å²) >= 11 is 0. The zero-order chi connectivity index (χ0) is 12.8. The van der Waals surface area contributed by atoms with Crippen LogP contribution in [0, 0.1) is 17.2 Å². The lowest BCUT2D eigenvalue weighted by Crippen LogP contribution is -2.33. The van der Waals surface area contributed by atoms with Crippen LogP contribution in [0.1, 0.15) is 36.8 Å². The molecular weight excluding hydrogens is 224 g/mol. The minimum Gasteiger partial charge on any atom is -0.393 e. The molecule has 0 amide bonds. The number of nitriles is 1. The van der Waals surface area contributed by atoms with Crippen molar-refractivity contribution in [2.45, 2.75) is 38.3 Å². The fourth-order valence-corrected chi connectivity index (χ4v) is 2.58. The second-order valence-corrected chi connectivity index (χ2v) is 5.05. The smallest absolute Gasteiger partial charge is 0.0991 e. The Labute approximate surface area is 108 Å². The molecule has 1 saturated carbocycles. The third kappa shape index (κ3) is 3.56. The molecule has 0 spiro atoms. The molecule has 2 atom stereocenters. The largest absolute Gasteiger partial charge is 0.393 e. The van der Waals surface area contributed by atoms with Crippen LogP contribution in [0.5, 0.6) is 0 Å². The summed E-state index contributed by atoms with van der Waals surface area (Å²) in [7, 11) is 0. The van der Waals surface area contributed by atoms with Crippen LogP contribution in [0.25, 0.3) is 0 Å². The molecule has 0 bridgehead atoms. The van der Waals surface area contributed by atoms with E-state index in [4.69, 9.17) is 5.26 Å². The third-order valence-corrected chi connectivity index (χ3v) is 3.66. The molecule has 1 aliphatic rings. The number of benzene rings is 1. The van der Waals surface area contributed by atoms with Crippen molar-refractivity contribution in [3.8, 4) is 6.07 Å². The summed E-state index contributed by atoms with van der Waals surface area (Å²) in [6.45, 7) is 1.62. The van der Waals surface area contributed by atoms with Crippen molar-refractivity contribution in [3.63, 3.8) is 0 Å². The van der Waals surface area contributed by atoms with Gasteiger partial charge in [-0.3, -0.25) is 0 Å². The SMILES string of the molecule is N#Cc1cccc(CNCC2CCCCC2O)c1. The summed E-state index contributed by atoms with van der Waals surface area (Å²) in [5, 5.41) is 22.1. The Morgan fingerprint density at radius 3 is 2.94 bits per heavy atom. The fourth-order valence-electron chi connectivity index (χ4n) is 2.58. The number of aliphatic hydroxyl groups excluding tert-OH is 1. The van der Waals surface area contributed by atoms with Crippen molar-refractivity contribution in [2.24, 2.45) is 5.92 Å². The molecule has 1 aromatic carbocycles. The van der Waals surface area contributed by atoms with E-state index in [0.717, 1.165) is 37.9 Å². The molecule has 2 rings (SSSR count). The van der Waals surface area contributed by atoms with E-state index in [-0.39, 0.29) is 6.10 Å². The Bertz CT molecular complexity index is 425. The van der Waals surface area contributed by atoms with Crippen LogP contribution < -0.4 is 5.32 Å². The van der Waals surface area contributed by atoms with Gasteiger partial charge in [-0.15, -0.1) is 0 Å². The lowest BCUT2D eigenvalue weighted by Gasteiger charge is -2.27. The summed E-state index contributed by atoms with van der Waals surface area (Å²) in [6.07, 6.45) is 4.30. The molecule has 1 aliphatic carbocycles. The van der Waals surface area contributed by atoms with Crippen LogP contribution in [-0.4, -0.2) is 17.8 Å². The Morgan fingerprint density at radius 1 is 1.33 bits per heavy atom. The zero-order valence-electron chi connectivity index (χ0n) is 10.6. The van der Waals surface area contributed by atoms with E-state index in [9.17, 15) is 5.11 Å². The molecule has 0 aliphatic heterocycles. The minimum atomic E-state index is -0.142. The van der Waals surface area contributed by atoms with Crippen molar-refractivity contribution in [1.29, 1.82) is 5.26 Å². The van der Waals surface area contributed by atoms with Gasteiger partial charge in [0, 0.05) is 13.1 Å². The molecule has 0 saturated heterocycles. The molecule has 0 aromatic heterocycles. The van der Waals surface area contributed by atoms with Gasteiger partial charge in [-0.2, -0.15) is 5.26 Å². The number of hydrogen-bond acceptors (Lipinski definition) is 3. The number of nitrogens with one attached hydrogen (secondary N) is 1. The van der Waals surface area contributed by atoms with Crippen LogP contribution in [0.2, 0.25) is 0 Å². The summed E-state index contributed by atoms with van der Waals surface area (Å²) < 4.78 is 0. The zero-order valence-corrected chi connectivity index (χ0v) is 10.6. The standard InChI is InChI=1S/C15H20N2O/c16-9-12-4-3-5-13(8-12)10-17-11-14-6-1-2-7-15(14)18/h3-5,8,14-15,17-18H,1-2,6-7,10-11H2. The number of aliphatic hydroxyl groups is 1. The van der Waals surface area contributed by atoms with Gasteiger partial charge in [0.25, 0.3) is 0 Å². The molecular formula is C15H20N2O. The highest BCUT2D eigenvalue weighted by atomic mass is 16.3. The molecule has 2 unspecified atom stereocenters. The second-order valence-electron chi connectivity index (χ2n) is 5.05. The summed E-state index contributed by atoms with van der Waals surface area (Å²) in [5.41, 5.74) is 1.83. The Morgan fingerprint density at radius 2 is 2.17 bits per heavy atom. The lowest BCUT2D eigenvalue weighted by atomic mass is 9.86. The average Bonchev–Trinajstić information content (AvgIpc) is 2.41. The molecule has 3 heteroatoms. The number of hydrogen-bond donors (Lipinski definition) is 2. The fraction of sp³-hybridized carbons (Fsp3) is 0.533. The highest BCUT2D eigenvalue weighted by molar-refractivity contribution is 5.32. The van der Waals surface area contributed by atoms with Crippen molar-refractivity contribution >= 4 is 0 Å². The van der Waals surface area contributed by atoms with Crippen LogP contribution in [0.3, 0.4) is 0 Å². The molecule has 0 heterocycles. The molecule has 3 nitrogen and oxygen atoms in total. The van der Waals surface area contributed by atoms with E-state index in [2.05, 4.69) is 11.4 Å². The second kappa shape index (κ2) is 6.53. The van der Waals surface area contributed by atoms with Crippen molar-refractivity contribution < 1.29 is 5.11 Å². The monoisotopic (exact) mass is 244 g/mol. The van der Waals surface area contributed by atoms with E-state index < -0.39 is 0 Å². The third-order valence-electron chi connectivity index (χ3n) is 3.66. The van der Waals surface area contributed by atoms with Gasteiger partial charge >= 0.3 is 0 Å². The molecule has 18 heavy (non-hydrogen) atoms.